The molecule has 5 heteroatoms. The van der Waals surface area contributed by atoms with Crippen molar-refractivity contribution >= 4 is 49.7 Å². The summed E-state index contributed by atoms with van der Waals surface area (Å²) in [5, 5.41) is 0. The topological polar surface area (TPSA) is 24.7 Å². The Morgan fingerprint density at radius 3 is 1.16 bits per heavy atom. The van der Waals surface area contributed by atoms with Crippen molar-refractivity contribution in [2.75, 3.05) is 0 Å². The molecule has 0 bridgehead atoms. The van der Waals surface area contributed by atoms with Crippen molar-refractivity contribution in [2.24, 2.45) is 9.98 Å². The fraction of sp³-hybridized carbons (Fsp3) is 0.300. The van der Waals surface area contributed by atoms with Crippen LogP contribution in [0, 0.1) is 27.7 Å². The Balaban J connectivity index is 0.000000970. The van der Waals surface area contributed by atoms with Crippen LogP contribution in [-0.4, -0.2) is 11.4 Å². The van der Waals surface area contributed by atoms with Gasteiger partial charge in [0.1, 0.15) is 0 Å². The number of nitrogens with zero attached hydrogens (tertiary/aromatic N) is 2. The van der Waals surface area contributed by atoms with Crippen LogP contribution < -0.4 is 0 Å². The Kier molecular flexibility index (Phi) is 10.0. The normalized spacial score (nSPS) is 12.0. The number of halogens is 2. The molecule has 25 heavy (non-hydrogen) atoms. The van der Waals surface area contributed by atoms with Gasteiger partial charge in [0.05, 0.1) is 22.8 Å². The number of rotatable bonds is 3. The van der Waals surface area contributed by atoms with Crippen molar-refractivity contribution in [2.45, 2.75) is 41.5 Å². The predicted molar refractivity (Wildman–Crippen MR) is 115 cm³/mol. The van der Waals surface area contributed by atoms with Gasteiger partial charge in [-0.1, -0.05) is 36.4 Å². The molecule has 0 N–H and O–H groups in total. The molecule has 0 saturated heterocycles. The van der Waals surface area contributed by atoms with E-state index in [9.17, 15) is 0 Å². The Morgan fingerprint density at radius 1 is 0.680 bits per heavy atom. The van der Waals surface area contributed by atoms with Gasteiger partial charge in [-0.05, 0) is 63.8 Å². The second-order valence-corrected chi connectivity index (χ2v) is 13.1. The Bertz CT molecular complexity index is 677. The standard InChI is InChI=1S/C20H24N2.2BrH.Pd/c1-13-9-7-10-14(2)19(13)21-17(5)18(6)22-20-15(3)11-8-12-16(20)4;;;/h7-12H,1-6H3;2*1H;/q;;;+2/p-2. The number of benzene rings is 2. The summed E-state index contributed by atoms with van der Waals surface area (Å²) in [6, 6.07) is 12.5. The van der Waals surface area contributed by atoms with Crippen molar-refractivity contribution < 1.29 is 13.9 Å². The van der Waals surface area contributed by atoms with Gasteiger partial charge in [0, 0.05) is 0 Å². The molecule has 0 heterocycles. The van der Waals surface area contributed by atoms with Gasteiger partial charge in [-0.2, -0.15) is 0 Å². The van der Waals surface area contributed by atoms with E-state index in [4.69, 9.17) is 9.98 Å². The number of aliphatic imine (C=N–C) groups is 2. The SMILES string of the molecule is CC(=Nc1c(C)cccc1C)C(C)=Nc1c(C)cccc1C.[Br][Pd][Br]. The summed E-state index contributed by atoms with van der Waals surface area (Å²) in [5.74, 6) is 0. The number of hydrogen-bond acceptors (Lipinski definition) is 2. The molecule has 0 fully saturated rings. The van der Waals surface area contributed by atoms with Gasteiger partial charge in [0.2, 0.25) is 0 Å². The van der Waals surface area contributed by atoms with E-state index >= 15 is 0 Å². The van der Waals surface area contributed by atoms with Crippen molar-refractivity contribution in [1.29, 1.82) is 0 Å². The molecule has 0 aliphatic heterocycles. The summed E-state index contributed by atoms with van der Waals surface area (Å²) in [7, 11) is 0. The molecule has 0 aliphatic carbocycles. The third-order valence-corrected chi connectivity index (χ3v) is 3.96. The molecule has 0 aromatic heterocycles. The summed E-state index contributed by atoms with van der Waals surface area (Å²) < 4.78 is 0. The van der Waals surface area contributed by atoms with Crippen molar-refractivity contribution in [3.8, 4) is 0 Å². The Hall–Kier alpha value is -0.598. The van der Waals surface area contributed by atoms with Crippen LogP contribution in [0.15, 0.2) is 46.4 Å². The molecule has 138 valence electrons. The van der Waals surface area contributed by atoms with E-state index in [1.54, 1.807) is 0 Å². The quantitative estimate of drug-likeness (QED) is 0.275. The molecule has 0 aliphatic rings. The van der Waals surface area contributed by atoms with E-state index in [1.165, 1.54) is 22.3 Å². The van der Waals surface area contributed by atoms with Gasteiger partial charge < -0.3 is 0 Å². The molecular formula is C20H24Br2N2Pd. The maximum atomic E-state index is 4.80. The van der Waals surface area contributed by atoms with Gasteiger partial charge in [-0.3, -0.25) is 9.98 Å². The number of para-hydroxylation sites is 2. The average molecular weight is 559 g/mol. The first-order valence-corrected chi connectivity index (χ1v) is 15.0. The third kappa shape index (κ3) is 6.90. The van der Waals surface area contributed by atoms with Crippen LogP contribution in [0.3, 0.4) is 0 Å². The predicted octanol–water partition coefficient (Wildman–Crippen LogP) is 7.49. The molecule has 0 radical (unpaired) electrons. The van der Waals surface area contributed by atoms with Gasteiger partial charge in [0.15, 0.2) is 0 Å². The molecule has 2 nitrogen and oxygen atoms in total. The molecule has 0 saturated carbocycles. The van der Waals surface area contributed by atoms with Crippen LogP contribution in [0.5, 0.6) is 0 Å². The fourth-order valence-corrected chi connectivity index (χ4v) is 2.46. The van der Waals surface area contributed by atoms with Crippen molar-refractivity contribution in [1.82, 2.24) is 0 Å². The third-order valence-electron chi connectivity index (χ3n) is 3.96. The van der Waals surface area contributed by atoms with E-state index in [2.05, 4.69) is 91.0 Å². The van der Waals surface area contributed by atoms with Crippen LogP contribution in [0.1, 0.15) is 36.1 Å². The van der Waals surface area contributed by atoms with Crippen LogP contribution in [-0.2, 0) is 13.9 Å². The Morgan fingerprint density at radius 2 is 0.920 bits per heavy atom. The zero-order chi connectivity index (χ0) is 19.0. The molecule has 2 aromatic carbocycles. The molecule has 2 aromatic rings. The van der Waals surface area contributed by atoms with Gasteiger partial charge in [-0.25, -0.2) is 0 Å². The molecular weight excluding hydrogens is 534 g/mol. The maximum absolute atomic E-state index is 4.80. The molecule has 2 rings (SSSR count). The van der Waals surface area contributed by atoms with E-state index in [1.807, 2.05) is 13.8 Å². The van der Waals surface area contributed by atoms with E-state index in [0.717, 1.165) is 22.8 Å². The van der Waals surface area contributed by atoms with Gasteiger partial charge >= 0.3 is 40.8 Å². The van der Waals surface area contributed by atoms with Crippen molar-refractivity contribution in [3.05, 3.63) is 58.7 Å². The molecule has 0 unspecified atom stereocenters. The molecule has 0 amide bonds. The minimum atomic E-state index is 0.575. The minimum absolute atomic E-state index is 0.575. The second-order valence-electron chi connectivity index (χ2n) is 5.92. The molecule has 0 spiro atoms. The summed E-state index contributed by atoms with van der Waals surface area (Å²) in [6.07, 6.45) is 0. The summed E-state index contributed by atoms with van der Waals surface area (Å²) in [4.78, 5) is 9.60. The number of hydrogen-bond donors (Lipinski definition) is 0. The summed E-state index contributed by atoms with van der Waals surface area (Å²) >= 11 is 6.80. The van der Waals surface area contributed by atoms with Crippen LogP contribution >= 0.6 is 26.9 Å². The van der Waals surface area contributed by atoms with E-state index < -0.39 is 0 Å². The van der Waals surface area contributed by atoms with E-state index in [-0.39, 0.29) is 0 Å². The zero-order valence-electron chi connectivity index (χ0n) is 15.4. The van der Waals surface area contributed by atoms with Crippen molar-refractivity contribution in [3.63, 3.8) is 0 Å². The first-order valence-electron chi connectivity index (χ1n) is 7.87. The van der Waals surface area contributed by atoms with Gasteiger partial charge in [0.25, 0.3) is 0 Å². The molecule has 0 atom stereocenters. The Labute approximate surface area is 172 Å². The fourth-order valence-electron chi connectivity index (χ4n) is 2.46. The average Bonchev–Trinajstić information content (AvgIpc) is 2.55. The summed E-state index contributed by atoms with van der Waals surface area (Å²) in [6.45, 7) is 12.4. The van der Waals surface area contributed by atoms with Gasteiger partial charge in [-0.15, -0.1) is 0 Å². The van der Waals surface area contributed by atoms with Crippen LogP contribution in [0.2, 0.25) is 0 Å². The first kappa shape index (κ1) is 22.4. The van der Waals surface area contributed by atoms with Crippen LogP contribution in [0.25, 0.3) is 0 Å². The summed E-state index contributed by atoms with van der Waals surface area (Å²) in [5.41, 5.74) is 8.80. The zero-order valence-corrected chi connectivity index (χ0v) is 20.2. The second kappa shape index (κ2) is 11.2. The van der Waals surface area contributed by atoms with Crippen LogP contribution in [0.4, 0.5) is 11.4 Å². The number of aryl methyl sites for hydroxylation is 4. The first-order chi connectivity index (χ1) is 11.8. The monoisotopic (exact) mass is 556 g/mol. The van der Waals surface area contributed by atoms with E-state index in [0.29, 0.717) is 13.9 Å².